The molecule has 1 N–H and O–H groups in total. The molecule has 7 nitrogen and oxygen atoms in total. The van der Waals surface area contributed by atoms with E-state index in [0.717, 1.165) is 30.3 Å². The molecular weight excluding hydrogens is 294 g/mol. The van der Waals surface area contributed by atoms with Crippen molar-refractivity contribution in [3.8, 4) is 0 Å². The summed E-state index contributed by atoms with van der Waals surface area (Å²) >= 11 is 0. The average molecular weight is 313 g/mol. The fourth-order valence-electron chi connectivity index (χ4n) is 3.17. The third-order valence-electron chi connectivity index (χ3n) is 4.87. The molecule has 3 heterocycles. The van der Waals surface area contributed by atoms with Crippen LogP contribution < -0.4 is 4.90 Å². The molecule has 2 fully saturated rings. The zero-order valence-electron chi connectivity index (χ0n) is 13.3. The van der Waals surface area contributed by atoms with E-state index in [1.54, 1.807) is 17.8 Å². The molecule has 0 unspecified atom stereocenters. The quantitative estimate of drug-likeness (QED) is 0.923. The second-order valence-electron chi connectivity index (χ2n) is 6.77. The van der Waals surface area contributed by atoms with Crippen molar-refractivity contribution in [1.29, 1.82) is 0 Å². The Morgan fingerprint density at radius 2 is 2.04 bits per heavy atom. The zero-order valence-corrected chi connectivity index (χ0v) is 13.3. The molecule has 4 rings (SSSR count). The van der Waals surface area contributed by atoms with Gasteiger partial charge in [-0.2, -0.15) is 5.10 Å². The summed E-state index contributed by atoms with van der Waals surface area (Å²) in [6.45, 7) is 6.29. The second-order valence-corrected chi connectivity index (χ2v) is 6.77. The van der Waals surface area contributed by atoms with Crippen LogP contribution in [0.2, 0.25) is 0 Å². The fraction of sp³-hybridized carbons (Fsp3) is 0.500. The molecule has 2 aromatic heterocycles. The van der Waals surface area contributed by atoms with Crippen molar-refractivity contribution in [2.24, 2.45) is 5.41 Å². The summed E-state index contributed by atoms with van der Waals surface area (Å²) in [5.74, 6) is -0.157. The maximum Gasteiger partial charge on any atom is 0.339 e. The molecule has 1 spiro atoms. The maximum atomic E-state index is 11.1. The number of aryl methyl sites for hydroxylation is 2. The number of nitrogens with zero attached hydrogens (tertiary/aromatic N) is 5. The first-order valence-corrected chi connectivity index (χ1v) is 7.81. The molecule has 1 saturated heterocycles. The van der Waals surface area contributed by atoms with Crippen LogP contribution in [0.3, 0.4) is 0 Å². The molecule has 23 heavy (non-hydrogen) atoms. The minimum Gasteiger partial charge on any atom is -0.478 e. The number of hydrogen-bond acceptors (Lipinski definition) is 5. The van der Waals surface area contributed by atoms with Crippen LogP contribution >= 0.6 is 0 Å². The summed E-state index contributed by atoms with van der Waals surface area (Å²) in [7, 11) is 0. The van der Waals surface area contributed by atoms with Crippen molar-refractivity contribution in [3.05, 3.63) is 34.9 Å². The lowest BCUT2D eigenvalue weighted by molar-refractivity contribution is 0.0696. The van der Waals surface area contributed by atoms with Crippen LogP contribution in [0.15, 0.2) is 12.4 Å². The highest BCUT2D eigenvalue weighted by Gasteiger charge is 2.53. The summed E-state index contributed by atoms with van der Waals surface area (Å²) < 4.78 is 1.63. The number of hydrogen-bond donors (Lipinski definition) is 1. The number of carbonyl (C=O) groups is 1. The van der Waals surface area contributed by atoms with Gasteiger partial charge in [-0.25, -0.2) is 14.8 Å². The number of rotatable bonds is 4. The van der Waals surface area contributed by atoms with E-state index in [1.807, 2.05) is 13.1 Å². The number of aromatic carboxylic acids is 1. The van der Waals surface area contributed by atoms with E-state index in [0.29, 0.717) is 17.7 Å². The number of carboxylic acid groups (broad SMARTS) is 1. The molecule has 2 aromatic rings. The van der Waals surface area contributed by atoms with Gasteiger partial charge in [0.25, 0.3) is 0 Å². The van der Waals surface area contributed by atoms with Gasteiger partial charge < -0.3 is 10.0 Å². The highest BCUT2D eigenvalue weighted by atomic mass is 16.4. The average Bonchev–Trinajstić information content (AvgIpc) is 3.17. The van der Waals surface area contributed by atoms with Gasteiger partial charge in [0, 0.05) is 42.2 Å². The predicted octanol–water partition coefficient (Wildman–Crippen LogP) is 1.64. The maximum absolute atomic E-state index is 11.1. The van der Waals surface area contributed by atoms with Gasteiger partial charge in [-0.05, 0) is 26.7 Å². The van der Waals surface area contributed by atoms with Crippen molar-refractivity contribution in [2.45, 2.75) is 33.2 Å². The third-order valence-corrected chi connectivity index (χ3v) is 4.87. The molecule has 1 saturated carbocycles. The van der Waals surface area contributed by atoms with Gasteiger partial charge in [0.1, 0.15) is 5.56 Å². The summed E-state index contributed by atoms with van der Waals surface area (Å²) in [6, 6.07) is 0. The Labute approximate surface area is 134 Å². The lowest BCUT2D eigenvalue weighted by Crippen LogP contribution is -2.49. The van der Waals surface area contributed by atoms with Gasteiger partial charge in [-0.15, -0.1) is 0 Å². The molecule has 0 radical (unpaired) electrons. The smallest absolute Gasteiger partial charge is 0.339 e. The van der Waals surface area contributed by atoms with Crippen molar-refractivity contribution >= 4 is 11.9 Å². The van der Waals surface area contributed by atoms with Gasteiger partial charge in [0.15, 0.2) is 0 Å². The Morgan fingerprint density at radius 1 is 1.30 bits per heavy atom. The lowest BCUT2D eigenvalue weighted by atomic mass is 9.98. The molecule has 0 amide bonds. The van der Waals surface area contributed by atoms with Crippen LogP contribution in [0.4, 0.5) is 5.95 Å². The zero-order chi connectivity index (χ0) is 16.2. The normalized spacial score (nSPS) is 18.1. The molecule has 0 aromatic carbocycles. The van der Waals surface area contributed by atoms with Crippen molar-refractivity contribution in [1.82, 2.24) is 19.7 Å². The van der Waals surface area contributed by atoms with Gasteiger partial charge in [-0.3, -0.25) is 4.68 Å². The van der Waals surface area contributed by atoms with E-state index in [2.05, 4.69) is 20.0 Å². The van der Waals surface area contributed by atoms with E-state index in [1.165, 1.54) is 12.8 Å². The van der Waals surface area contributed by atoms with Crippen LogP contribution in [-0.4, -0.2) is 43.9 Å². The summed E-state index contributed by atoms with van der Waals surface area (Å²) in [4.78, 5) is 22.4. The number of carboxylic acids is 1. The SMILES string of the molecule is Cc1nc(N2CC3(CC3)C2)ncc1Cn1cc(C(=O)O)c(C)n1. The summed E-state index contributed by atoms with van der Waals surface area (Å²) in [6.07, 6.45) is 6.06. The first-order chi connectivity index (χ1) is 11.0. The first-order valence-electron chi connectivity index (χ1n) is 7.81. The minimum absolute atomic E-state index is 0.232. The van der Waals surface area contributed by atoms with Crippen LogP contribution in [0, 0.1) is 19.3 Å². The fourth-order valence-corrected chi connectivity index (χ4v) is 3.17. The van der Waals surface area contributed by atoms with Crippen LogP contribution in [0.25, 0.3) is 0 Å². The highest BCUT2D eigenvalue weighted by Crippen LogP contribution is 2.53. The first kappa shape index (κ1) is 14.2. The molecule has 0 atom stereocenters. The third kappa shape index (κ3) is 2.46. The van der Waals surface area contributed by atoms with E-state index in [-0.39, 0.29) is 5.56 Å². The van der Waals surface area contributed by atoms with Crippen LogP contribution in [0.1, 0.15) is 40.2 Å². The Bertz CT molecular complexity index is 786. The molecule has 1 aliphatic heterocycles. The number of aromatic nitrogens is 4. The van der Waals surface area contributed by atoms with Crippen molar-refractivity contribution in [3.63, 3.8) is 0 Å². The van der Waals surface area contributed by atoms with Gasteiger partial charge in [0.05, 0.1) is 12.2 Å². The van der Waals surface area contributed by atoms with E-state index >= 15 is 0 Å². The molecule has 0 bridgehead atoms. The highest BCUT2D eigenvalue weighted by molar-refractivity contribution is 5.88. The Hall–Kier alpha value is -2.44. The van der Waals surface area contributed by atoms with Gasteiger partial charge in [0.2, 0.25) is 5.95 Å². The van der Waals surface area contributed by atoms with Crippen molar-refractivity contribution < 1.29 is 9.90 Å². The molecule has 120 valence electrons. The summed E-state index contributed by atoms with van der Waals surface area (Å²) in [5.41, 5.74) is 3.19. The lowest BCUT2D eigenvalue weighted by Gasteiger charge is -2.40. The van der Waals surface area contributed by atoms with E-state index in [9.17, 15) is 4.79 Å². The van der Waals surface area contributed by atoms with Crippen molar-refractivity contribution in [2.75, 3.05) is 18.0 Å². The number of anilines is 1. The topological polar surface area (TPSA) is 84.1 Å². The predicted molar refractivity (Wildman–Crippen MR) is 83.7 cm³/mol. The molecule has 1 aliphatic carbocycles. The Morgan fingerprint density at radius 3 is 2.61 bits per heavy atom. The largest absolute Gasteiger partial charge is 0.478 e. The minimum atomic E-state index is -0.955. The summed E-state index contributed by atoms with van der Waals surface area (Å²) in [5, 5.41) is 13.3. The van der Waals surface area contributed by atoms with Crippen LogP contribution in [-0.2, 0) is 6.54 Å². The molecule has 7 heteroatoms. The van der Waals surface area contributed by atoms with Gasteiger partial charge in [-0.1, -0.05) is 0 Å². The van der Waals surface area contributed by atoms with Gasteiger partial charge >= 0.3 is 5.97 Å². The molecule has 2 aliphatic rings. The standard InChI is InChI=1S/C16H19N5O2/c1-10-12(6-21-7-13(14(22)23)11(2)19-21)5-17-15(18-10)20-8-16(9-20)3-4-16/h5,7H,3-4,6,8-9H2,1-2H3,(H,22,23). The van der Waals surface area contributed by atoms with E-state index in [4.69, 9.17) is 5.11 Å². The van der Waals surface area contributed by atoms with E-state index < -0.39 is 5.97 Å². The Balaban J connectivity index is 1.51. The Kier molecular flexibility index (Phi) is 2.94. The monoisotopic (exact) mass is 313 g/mol. The second kappa shape index (κ2) is 4.78. The van der Waals surface area contributed by atoms with Crippen LogP contribution in [0.5, 0.6) is 0 Å². The molecular formula is C16H19N5O2.